The van der Waals surface area contributed by atoms with Crippen LogP contribution in [0.3, 0.4) is 0 Å². The summed E-state index contributed by atoms with van der Waals surface area (Å²) < 4.78 is 11.3. The molecule has 1 fully saturated rings. The number of carbonyl (C=O) groups excluding carboxylic acids is 1. The first-order valence-electron chi connectivity index (χ1n) is 31.9. The molecule has 9 heteroatoms. The summed E-state index contributed by atoms with van der Waals surface area (Å²) in [5.74, 6) is -0.189. The third-order valence-corrected chi connectivity index (χ3v) is 15.1. The van der Waals surface area contributed by atoms with E-state index in [1.165, 1.54) is 238 Å². The maximum absolute atomic E-state index is 13.1. The van der Waals surface area contributed by atoms with Crippen molar-refractivity contribution in [2.24, 2.45) is 0 Å². The first-order chi connectivity index (χ1) is 36.3. The van der Waals surface area contributed by atoms with Crippen molar-refractivity contribution in [1.29, 1.82) is 0 Å². The molecule has 74 heavy (non-hydrogen) atoms. The number of unbranched alkanes of at least 4 members (excludes halogenated alkanes) is 39. The number of nitrogens with one attached hydrogen (secondary N) is 1. The van der Waals surface area contributed by atoms with Crippen LogP contribution < -0.4 is 5.32 Å². The molecule has 0 aliphatic carbocycles. The Morgan fingerprint density at radius 3 is 1.22 bits per heavy atom. The highest BCUT2D eigenvalue weighted by Gasteiger charge is 2.44. The lowest BCUT2D eigenvalue weighted by Gasteiger charge is -2.40. The third-order valence-electron chi connectivity index (χ3n) is 15.1. The zero-order valence-corrected chi connectivity index (χ0v) is 48.4. The number of rotatable bonds is 55. The van der Waals surface area contributed by atoms with Gasteiger partial charge in [-0.05, 0) is 64.2 Å². The quantitative estimate of drug-likeness (QED) is 0.0261. The van der Waals surface area contributed by atoms with Crippen molar-refractivity contribution in [3.63, 3.8) is 0 Å². The fourth-order valence-electron chi connectivity index (χ4n) is 10.1. The maximum atomic E-state index is 13.1. The van der Waals surface area contributed by atoms with Gasteiger partial charge < -0.3 is 40.3 Å². The lowest BCUT2D eigenvalue weighted by Crippen LogP contribution is -2.60. The number of carbonyl (C=O) groups is 1. The zero-order valence-electron chi connectivity index (χ0n) is 48.4. The fourth-order valence-corrected chi connectivity index (χ4v) is 10.1. The van der Waals surface area contributed by atoms with E-state index in [1.54, 1.807) is 6.08 Å². The number of hydrogen-bond acceptors (Lipinski definition) is 8. The van der Waals surface area contributed by atoms with Crippen molar-refractivity contribution in [3.8, 4) is 0 Å². The van der Waals surface area contributed by atoms with E-state index < -0.39 is 49.5 Å². The largest absolute Gasteiger partial charge is 0.394 e. The van der Waals surface area contributed by atoms with Crippen LogP contribution in [0.2, 0.25) is 0 Å². The fraction of sp³-hybridized carbons (Fsp3) is 0.862. The molecule has 434 valence electrons. The van der Waals surface area contributed by atoms with Crippen molar-refractivity contribution in [2.75, 3.05) is 13.2 Å². The molecule has 0 bridgehead atoms. The SMILES string of the molecule is CCCCCCC/C=C\C/C=C\CCCCCCCCCCCC(=O)NC(COC1OC(CO)C(O)C(O)C1O)C(O)/C=C/CC/C=C/CCCCCCCCCCCCCCCCCCCCCCCCCC. The molecule has 1 aliphatic rings. The molecule has 1 amide bonds. The number of amides is 1. The lowest BCUT2D eigenvalue weighted by atomic mass is 9.99. The van der Waals surface area contributed by atoms with Crippen LogP contribution in [-0.4, -0.2) is 87.5 Å². The minimum Gasteiger partial charge on any atom is -0.394 e. The molecule has 1 heterocycles. The number of hydrogen-bond donors (Lipinski definition) is 6. The van der Waals surface area contributed by atoms with Gasteiger partial charge in [-0.1, -0.05) is 281 Å². The molecule has 9 nitrogen and oxygen atoms in total. The zero-order chi connectivity index (χ0) is 53.6. The van der Waals surface area contributed by atoms with Gasteiger partial charge in [0, 0.05) is 6.42 Å². The topological polar surface area (TPSA) is 149 Å². The van der Waals surface area contributed by atoms with Crippen LogP contribution in [0.15, 0.2) is 48.6 Å². The van der Waals surface area contributed by atoms with Crippen LogP contribution in [0.5, 0.6) is 0 Å². The van der Waals surface area contributed by atoms with E-state index in [1.807, 2.05) is 6.08 Å². The molecule has 0 aromatic rings. The Bertz CT molecular complexity index is 1300. The molecule has 0 radical (unpaired) electrons. The van der Waals surface area contributed by atoms with Crippen molar-refractivity contribution in [1.82, 2.24) is 5.32 Å². The Kier molecular flexibility index (Phi) is 51.7. The van der Waals surface area contributed by atoms with Gasteiger partial charge in [0.25, 0.3) is 0 Å². The van der Waals surface area contributed by atoms with Gasteiger partial charge in [0.1, 0.15) is 24.4 Å². The minimum atomic E-state index is -1.57. The number of allylic oxidation sites excluding steroid dienone is 7. The van der Waals surface area contributed by atoms with Gasteiger partial charge in [-0.3, -0.25) is 4.79 Å². The maximum Gasteiger partial charge on any atom is 0.220 e. The highest BCUT2D eigenvalue weighted by atomic mass is 16.7. The molecule has 1 saturated heterocycles. The summed E-state index contributed by atoms with van der Waals surface area (Å²) >= 11 is 0. The van der Waals surface area contributed by atoms with Crippen molar-refractivity contribution < 1.29 is 39.8 Å². The second-order valence-electron chi connectivity index (χ2n) is 22.2. The summed E-state index contributed by atoms with van der Waals surface area (Å²) in [7, 11) is 0. The molecular formula is C65H121NO8. The Hall–Kier alpha value is -1.85. The van der Waals surface area contributed by atoms with E-state index in [0.717, 1.165) is 44.9 Å². The first-order valence-corrected chi connectivity index (χ1v) is 31.9. The second-order valence-corrected chi connectivity index (χ2v) is 22.2. The Balaban J connectivity index is 2.19. The number of aliphatic hydroxyl groups excluding tert-OH is 5. The highest BCUT2D eigenvalue weighted by molar-refractivity contribution is 5.76. The standard InChI is InChI=1S/C65H121NO8/c1-3-5-7-9-11-13-15-17-19-21-23-25-26-27-28-29-30-31-32-33-35-36-38-40-42-44-46-48-50-52-54-59(68)58(57-73-65-64(72)63(71)62(70)60(56-67)74-65)66-61(69)55-53-51-49-47-45-43-41-39-37-34-24-22-20-18-16-14-12-10-8-6-4-2/h16,18,22,24,44,46,52,54,58-60,62-65,67-68,70-72H,3-15,17,19-21,23,25-43,45,47-51,53,55-57H2,1-2H3,(H,66,69)/b18-16-,24-22-,46-44+,54-52+. The van der Waals surface area contributed by atoms with E-state index >= 15 is 0 Å². The monoisotopic (exact) mass is 1040 g/mol. The summed E-state index contributed by atoms with van der Waals surface area (Å²) in [6.07, 6.45) is 66.3. The van der Waals surface area contributed by atoms with Crippen LogP contribution in [0.1, 0.15) is 303 Å². The van der Waals surface area contributed by atoms with Gasteiger partial charge in [0.05, 0.1) is 25.4 Å². The van der Waals surface area contributed by atoms with E-state index in [9.17, 15) is 30.3 Å². The Morgan fingerprint density at radius 2 is 0.811 bits per heavy atom. The molecule has 0 aromatic heterocycles. The van der Waals surface area contributed by atoms with Crippen LogP contribution in [0.25, 0.3) is 0 Å². The van der Waals surface area contributed by atoms with E-state index in [-0.39, 0.29) is 12.5 Å². The van der Waals surface area contributed by atoms with Gasteiger partial charge in [0.15, 0.2) is 6.29 Å². The molecule has 1 rings (SSSR count). The van der Waals surface area contributed by atoms with Crippen LogP contribution in [0.4, 0.5) is 0 Å². The summed E-state index contributed by atoms with van der Waals surface area (Å²) in [5.41, 5.74) is 0. The number of aliphatic hydroxyl groups is 5. The molecule has 6 N–H and O–H groups in total. The lowest BCUT2D eigenvalue weighted by molar-refractivity contribution is -0.302. The molecular weight excluding hydrogens is 923 g/mol. The summed E-state index contributed by atoms with van der Waals surface area (Å²) in [5, 5.41) is 54.6. The number of ether oxygens (including phenoxy) is 2. The highest BCUT2D eigenvalue weighted by Crippen LogP contribution is 2.23. The molecule has 1 aliphatic heterocycles. The molecule has 0 saturated carbocycles. The van der Waals surface area contributed by atoms with E-state index in [2.05, 4.69) is 55.6 Å². The normalized spacial score (nSPS) is 19.3. The summed E-state index contributed by atoms with van der Waals surface area (Å²) in [6.45, 7) is 3.78. The predicted molar refractivity (Wildman–Crippen MR) is 313 cm³/mol. The van der Waals surface area contributed by atoms with Gasteiger partial charge in [-0.25, -0.2) is 0 Å². The van der Waals surface area contributed by atoms with Crippen LogP contribution in [-0.2, 0) is 14.3 Å². The van der Waals surface area contributed by atoms with Crippen molar-refractivity contribution >= 4 is 5.91 Å². The van der Waals surface area contributed by atoms with Crippen molar-refractivity contribution in [2.45, 2.75) is 346 Å². The van der Waals surface area contributed by atoms with Gasteiger partial charge in [-0.2, -0.15) is 0 Å². The van der Waals surface area contributed by atoms with Crippen molar-refractivity contribution in [3.05, 3.63) is 48.6 Å². The average Bonchev–Trinajstić information content (AvgIpc) is 3.40. The van der Waals surface area contributed by atoms with Gasteiger partial charge in [0.2, 0.25) is 5.91 Å². The van der Waals surface area contributed by atoms with Gasteiger partial charge in [-0.15, -0.1) is 0 Å². The molecule has 7 atom stereocenters. The average molecular weight is 1040 g/mol. The van der Waals surface area contributed by atoms with Gasteiger partial charge >= 0.3 is 0 Å². The summed E-state index contributed by atoms with van der Waals surface area (Å²) in [4.78, 5) is 13.1. The van der Waals surface area contributed by atoms with Crippen LogP contribution >= 0.6 is 0 Å². The Labute approximate surface area is 456 Å². The third kappa shape index (κ3) is 43.2. The Morgan fingerprint density at radius 1 is 0.459 bits per heavy atom. The molecule has 0 spiro atoms. The van der Waals surface area contributed by atoms with E-state index in [0.29, 0.717) is 6.42 Å². The first kappa shape index (κ1) is 70.2. The van der Waals surface area contributed by atoms with E-state index in [4.69, 9.17) is 9.47 Å². The minimum absolute atomic E-state index is 0.189. The summed E-state index contributed by atoms with van der Waals surface area (Å²) in [6, 6.07) is -0.826. The second kappa shape index (κ2) is 54.5. The molecule has 7 unspecified atom stereocenters. The molecule has 0 aromatic carbocycles. The smallest absolute Gasteiger partial charge is 0.220 e. The predicted octanol–water partition coefficient (Wildman–Crippen LogP) is 16.5. The van der Waals surface area contributed by atoms with Crippen LogP contribution in [0, 0.1) is 0 Å².